The molecule has 1 N–H and O–H groups in total. The van der Waals surface area contributed by atoms with Gasteiger partial charge in [0, 0.05) is 7.05 Å². The molecule has 0 fully saturated rings. The van der Waals surface area contributed by atoms with E-state index in [0.717, 1.165) is 0 Å². The number of hydrogen-bond acceptors (Lipinski definition) is 7. The minimum Gasteiger partial charge on any atom is -0.442 e. The number of ether oxygens (including phenoxy) is 1. The van der Waals surface area contributed by atoms with E-state index in [2.05, 4.69) is 15.7 Å². The Kier molecular flexibility index (Phi) is 5.70. The fraction of sp³-hybridized carbons (Fsp3) is 0.714. The minimum atomic E-state index is -1.32. The van der Waals surface area contributed by atoms with Crippen LogP contribution in [0.5, 0.6) is 0 Å². The SMILES string of the molecule is CO/N=C(\C)C1(ONC(=O)OC(C)(C)C)CC(=O)N(C)N=C1C. The molecule has 1 unspecified atom stereocenters. The van der Waals surface area contributed by atoms with E-state index in [1.54, 1.807) is 41.7 Å². The highest BCUT2D eigenvalue weighted by molar-refractivity contribution is 6.16. The molecule has 1 heterocycles. The van der Waals surface area contributed by atoms with Crippen LogP contribution in [0.2, 0.25) is 0 Å². The van der Waals surface area contributed by atoms with E-state index in [0.29, 0.717) is 11.4 Å². The maximum atomic E-state index is 12.0. The molecular weight excluding hydrogens is 304 g/mol. The van der Waals surface area contributed by atoms with E-state index < -0.39 is 17.3 Å². The largest absolute Gasteiger partial charge is 0.442 e. The molecule has 0 radical (unpaired) electrons. The Hall–Kier alpha value is -2.16. The third kappa shape index (κ3) is 4.65. The van der Waals surface area contributed by atoms with Gasteiger partial charge in [-0.2, -0.15) is 10.6 Å². The molecule has 2 amide bonds. The van der Waals surface area contributed by atoms with Crippen LogP contribution in [0.15, 0.2) is 10.3 Å². The second-order valence-corrected chi connectivity index (χ2v) is 6.17. The molecule has 0 aromatic carbocycles. The van der Waals surface area contributed by atoms with Crippen molar-refractivity contribution in [3.63, 3.8) is 0 Å². The zero-order valence-corrected chi connectivity index (χ0v) is 14.6. The molecule has 0 spiro atoms. The number of hydrazone groups is 1. The molecule has 23 heavy (non-hydrogen) atoms. The average molecular weight is 328 g/mol. The molecular formula is C14H24N4O5. The Morgan fingerprint density at radius 2 is 2.04 bits per heavy atom. The van der Waals surface area contributed by atoms with Crippen LogP contribution in [0.1, 0.15) is 41.0 Å². The van der Waals surface area contributed by atoms with Crippen LogP contribution in [0.4, 0.5) is 4.79 Å². The number of hydroxylamine groups is 1. The Labute approximate surface area is 135 Å². The van der Waals surface area contributed by atoms with Crippen molar-refractivity contribution >= 4 is 23.4 Å². The fourth-order valence-electron chi connectivity index (χ4n) is 2.03. The molecule has 0 aliphatic carbocycles. The average Bonchev–Trinajstić information content (AvgIpc) is 2.40. The van der Waals surface area contributed by atoms with E-state index in [1.807, 2.05) is 0 Å². The molecule has 1 atom stereocenters. The lowest BCUT2D eigenvalue weighted by molar-refractivity contribution is -0.137. The van der Waals surface area contributed by atoms with Crippen LogP contribution in [0, 0.1) is 0 Å². The van der Waals surface area contributed by atoms with Crippen LogP contribution in [-0.2, 0) is 19.2 Å². The summed E-state index contributed by atoms with van der Waals surface area (Å²) in [7, 11) is 2.92. The lowest BCUT2D eigenvalue weighted by Gasteiger charge is -2.36. The summed E-state index contributed by atoms with van der Waals surface area (Å²) in [5.41, 5.74) is 1.00. The Balaban J connectivity index is 3.04. The van der Waals surface area contributed by atoms with Crippen molar-refractivity contribution in [3.05, 3.63) is 0 Å². The van der Waals surface area contributed by atoms with Gasteiger partial charge < -0.3 is 9.57 Å². The molecule has 0 aromatic heterocycles. The number of hydrogen-bond donors (Lipinski definition) is 1. The quantitative estimate of drug-likeness (QED) is 0.621. The second-order valence-electron chi connectivity index (χ2n) is 6.17. The third-order valence-corrected chi connectivity index (χ3v) is 3.17. The van der Waals surface area contributed by atoms with Crippen molar-refractivity contribution < 1.29 is 24.0 Å². The molecule has 130 valence electrons. The van der Waals surface area contributed by atoms with Crippen molar-refractivity contribution in [2.75, 3.05) is 14.2 Å². The Bertz CT molecular complexity index is 538. The van der Waals surface area contributed by atoms with Crippen molar-refractivity contribution in [2.45, 2.75) is 52.2 Å². The summed E-state index contributed by atoms with van der Waals surface area (Å²) in [5, 5.41) is 9.16. The van der Waals surface area contributed by atoms with Crippen molar-refractivity contribution in [1.82, 2.24) is 10.5 Å². The van der Waals surface area contributed by atoms with Gasteiger partial charge in [-0.1, -0.05) is 5.16 Å². The number of nitrogens with zero attached hydrogens (tertiary/aromatic N) is 3. The van der Waals surface area contributed by atoms with Gasteiger partial charge in [0.05, 0.1) is 17.8 Å². The lowest BCUT2D eigenvalue weighted by Crippen LogP contribution is -2.57. The summed E-state index contributed by atoms with van der Waals surface area (Å²) in [6.07, 6.45) is -0.853. The molecule has 9 heteroatoms. The minimum absolute atomic E-state index is 0.0761. The topological polar surface area (TPSA) is 102 Å². The summed E-state index contributed by atoms with van der Waals surface area (Å²) in [4.78, 5) is 34.1. The first kappa shape index (κ1) is 18.9. The number of rotatable bonds is 4. The predicted octanol–water partition coefficient (Wildman–Crippen LogP) is 1.44. The zero-order valence-electron chi connectivity index (χ0n) is 14.6. The maximum Gasteiger partial charge on any atom is 0.431 e. The van der Waals surface area contributed by atoms with Crippen LogP contribution < -0.4 is 5.48 Å². The van der Waals surface area contributed by atoms with Crippen LogP contribution >= 0.6 is 0 Å². The van der Waals surface area contributed by atoms with Crippen molar-refractivity contribution in [2.24, 2.45) is 10.3 Å². The summed E-state index contributed by atoms with van der Waals surface area (Å²) >= 11 is 0. The highest BCUT2D eigenvalue weighted by Gasteiger charge is 2.46. The molecule has 1 aliphatic heterocycles. The Morgan fingerprint density at radius 3 is 2.57 bits per heavy atom. The molecule has 1 rings (SSSR count). The molecule has 9 nitrogen and oxygen atoms in total. The van der Waals surface area contributed by atoms with E-state index in [4.69, 9.17) is 14.4 Å². The Morgan fingerprint density at radius 1 is 1.43 bits per heavy atom. The lowest BCUT2D eigenvalue weighted by atomic mass is 9.88. The van der Waals surface area contributed by atoms with E-state index >= 15 is 0 Å². The van der Waals surface area contributed by atoms with Crippen LogP contribution in [0.25, 0.3) is 0 Å². The summed E-state index contributed by atoms with van der Waals surface area (Å²) in [6.45, 7) is 8.48. The zero-order chi connectivity index (χ0) is 17.8. The van der Waals surface area contributed by atoms with Gasteiger partial charge >= 0.3 is 6.09 Å². The maximum absolute atomic E-state index is 12.0. The third-order valence-electron chi connectivity index (χ3n) is 3.17. The second kappa shape index (κ2) is 6.95. The highest BCUT2D eigenvalue weighted by atomic mass is 16.7. The van der Waals surface area contributed by atoms with Gasteiger partial charge in [0.25, 0.3) is 0 Å². The van der Waals surface area contributed by atoms with E-state index in [9.17, 15) is 9.59 Å². The number of carbonyl (C=O) groups excluding carboxylic acids is 2. The van der Waals surface area contributed by atoms with Gasteiger partial charge in [-0.05, 0) is 34.6 Å². The number of nitrogens with one attached hydrogen (secondary N) is 1. The van der Waals surface area contributed by atoms with Crippen LogP contribution in [-0.4, -0.2) is 53.8 Å². The highest BCUT2D eigenvalue weighted by Crippen LogP contribution is 2.26. The summed E-state index contributed by atoms with van der Waals surface area (Å²) in [5.74, 6) is -0.285. The molecule has 1 aliphatic rings. The summed E-state index contributed by atoms with van der Waals surface area (Å²) < 4.78 is 5.12. The fourth-order valence-corrected chi connectivity index (χ4v) is 2.03. The standard InChI is InChI=1S/C14H24N4O5/c1-9-14(10(2)16-21-7,8-11(19)18(6)15-9)23-17-12(20)22-13(3,4)5/h8H2,1-7H3,(H,17,20)/b16-10+. The number of carbonyl (C=O) groups is 2. The first-order valence-electron chi connectivity index (χ1n) is 7.09. The van der Waals surface area contributed by atoms with Gasteiger partial charge in [-0.3, -0.25) is 9.63 Å². The summed E-state index contributed by atoms with van der Waals surface area (Å²) in [6, 6.07) is 0. The first-order valence-corrected chi connectivity index (χ1v) is 7.09. The monoisotopic (exact) mass is 328 g/mol. The number of oxime groups is 1. The first-order chi connectivity index (χ1) is 10.5. The molecule has 0 saturated heterocycles. The van der Waals surface area contributed by atoms with Gasteiger partial charge in [-0.15, -0.1) is 0 Å². The van der Waals surface area contributed by atoms with E-state index in [1.165, 1.54) is 12.1 Å². The smallest absolute Gasteiger partial charge is 0.431 e. The normalized spacial score (nSPS) is 22.6. The van der Waals surface area contributed by atoms with Crippen molar-refractivity contribution in [1.29, 1.82) is 0 Å². The van der Waals surface area contributed by atoms with Crippen LogP contribution in [0.3, 0.4) is 0 Å². The van der Waals surface area contributed by atoms with Gasteiger partial charge in [-0.25, -0.2) is 9.80 Å². The van der Waals surface area contributed by atoms with Gasteiger partial charge in [0.1, 0.15) is 12.7 Å². The number of amides is 2. The molecule has 0 saturated carbocycles. The van der Waals surface area contributed by atoms with Gasteiger partial charge in [0.15, 0.2) is 5.60 Å². The van der Waals surface area contributed by atoms with Crippen molar-refractivity contribution in [3.8, 4) is 0 Å². The van der Waals surface area contributed by atoms with Gasteiger partial charge in [0.2, 0.25) is 5.91 Å². The molecule has 0 aromatic rings. The molecule has 0 bridgehead atoms. The van der Waals surface area contributed by atoms with E-state index in [-0.39, 0.29) is 12.3 Å². The predicted molar refractivity (Wildman–Crippen MR) is 83.8 cm³/mol.